The van der Waals surface area contributed by atoms with Crippen LogP contribution in [0, 0.1) is 5.82 Å². The second kappa shape index (κ2) is 5.32. The lowest BCUT2D eigenvalue weighted by Crippen LogP contribution is -1.98. The van der Waals surface area contributed by atoms with Gasteiger partial charge >= 0.3 is 0 Å². The summed E-state index contributed by atoms with van der Waals surface area (Å²) in [5, 5.41) is 18.1. The van der Waals surface area contributed by atoms with Crippen molar-refractivity contribution in [3.8, 4) is 11.5 Å². The van der Waals surface area contributed by atoms with Crippen molar-refractivity contribution in [1.29, 1.82) is 0 Å². The number of aliphatic hydroxyl groups excluding tert-OH is 1. The van der Waals surface area contributed by atoms with E-state index in [9.17, 15) is 9.50 Å². The first-order chi connectivity index (χ1) is 7.11. The van der Waals surface area contributed by atoms with Gasteiger partial charge in [0.05, 0.1) is 7.11 Å². The van der Waals surface area contributed by atoms with Gasteiger partial charge in [0, 0.05) is 16.6 Å². The lowest BCUT2D eigenvalue weighted by Gasteiger charge is -2.12. The topological polar surface area (TPSA) is 49.7 Å². The third-order valence-corrected chi connectivity index (χ3v) is 2.75. The van der Waals surface area contributed by atoms with Gasteiger partial charge in [0.1, 0.15) is 0 Å². The molecule has 0 aliphatic rings. The Balaban J connectivity index is 3.16. The third kappa shape index (κ3) is 2.60. The molecule has 0 atom stereocenters. The Labute approximate surface area is 95.6 Å². The summed E-state index contributed by atoms with van der Waals surface area (Å²) in [7, 11) is 1.36. The van der Waals surface area contributed by atoms with Crippen LogP contribution in [-0.4, -0.2) is 23.9 Å². The molecule has 1 aromatic carbocycles. The van der Waals surface area contributed by atoms with Crippen molar-refractivity contribution in [2.75, 3.05) is 13.7 Å². The highest BCUT2D eigenvalue weighted by Gasteiger charge is 2.16. The molecule has 0 amide bonds. The molecule has 0 spiro atoms. The molecule has 0 saturated heterocycles. The van der Waals surface area contributed by atoms with Crippen LogP contribution in [0.1, 0.15) is 12.0 Å². The zero-order chi connectivity index (χ0) is 11.4. The van der Waals surface area contributed by atoms with E-state index in [-0.39, 0.29) is 12.4 Å². The fourth-order valence-corrected chi connectivity index (χ4v) is 1.91. The van der Waals surface area contributed by atoms with Gasteiger partial charge in [0.15, 0.2) is 17.3 Å². The van der Waals surface area contributed by atoms with E-state index in [1.807, 2.05) is 0 Å². The van der Waals surface area contributed by atoms with E-state index in [1.54, 1.807) is 0 Å². The molecule has 0 aliphatic carbocycles. The Hall–Kier alpha value is -0.810. The predicted molar refractivity (Wildman–Crippen MR) is 57.7 cm³/mol. The molecule has 0 heterocycles. The average molecular weight is 279 g/mol. The molecule has 0 fully saturated rings. The molecule has 0 unspecified atom stereocenters. The summed E-state index contributed by atoms with van der Waals surface area (Å²) in [6, 6.07) is 1.19. The second-order valence-electron chi connectivity index (χ2n) is 3.03. The van der Waals surface area contributed by atoms with E-state index in [4.69, 9.17) is 9.84 Å². The molecular weight excluding hydrogens is 267 g/mol. The van der Waals surface area contributed by atoms with Gasteiger partial charge in [-0.25, -0.2) is 4.39 Å². The van der Waals surface area contributed by atoms with Gasteiger partial charge in [-0.2, -0.15) is 0 Å². The lowest BCUT2D eigenvalue weighted by molar-refractivity contribution is 0.287. The zero-order valence-electron chi connectivity index (χ0n) is 8.26. The molecule has 0 saturated carbocycles. The Morgan fingerprint density at radius 3 is 2.73 bits per heavy atom. The Morgan fingerprint density at radius 1 is 1.53 bits per heavy atom. The highest BCUT2D eigenvalue weighted by molar-refractivity contribution is 9.10. The molecule has 84 valence electrons. The minimum atomic E-state index is -0.730. The number of rotatable bonds is 4. The van der Waals surface area contributed by atoms with E-state index < -0.39 is 11.6 Å². The van der Waals surface area contributed by atoms with Crippen molar-refractivity contribution in [3.63, 3.8) is 0 Å². The quantitative estimate of drug-likeness (QED) is 0.888. The van der Waals surface area contributed by atoms with Crippen LogP contribution in [0.4, 0.5) is 4.39 Å². The first kappa shape index (κ1) is 12.3. The first-order valence-electron chi connectivity index (χ1n) is 4.46. The summed E-state index contributed by atoms with van der Waals surface area (Å²) in [6.07, 6.45) is 1.04. The highest BCUT2D eigenvalue weighted by Crippen LogP contribution is 2.38. The fraction of sp³-hybridized carbons (Fsp3) is 0.400. The summed E-state index contributed by atoms with van der Waals surface area (Å²) in [5.41, 5.74) is 0.658. The minimum absolute atomic E-state index is 0.0354. The van der Waals surface area contributed by atoms with Crippen LogP contribution in [0.5, 0.6) is 11.5 Å². The van der Waals surface area contributed by atoms with E-state index >= 15 is 0 Å². The SMILES string of the molecule is COc1c(O)c(F)cc(Br)c1CCCO. The van der Waals surface area contributed by atoms with Crippen LogP contribution in [-0.2, 0) is 6.42 Å². The Bertz CT molecular complexity index is 355. The Morgan fingerprint density at radius 2 is 2.20 bits per heavy atom. The molecule has 3 nitrogen and oxygen atoms in total. The predicted octanol–water partition coefficient (Wildman–Crippen LogP) is 2.23. The van der Waals surface area contributed by atoms with Gasteiger partial charge < -0.3 is 14.9 Å². The van der Waals surface area contributed by atoms with E-state index in [0.29, 0.717) is 22.9 Å². The number of benzene rings is 1. The van der Waals surface area contributed by atoms with Gasteiger partial charge in [0.25, 0.3) is 0 Å². The first-order valence-corrected chi connectivity index (χ1v) is 5.25. The highest BCUT2D eigenvalue weighted by atomic mass is 79.9. The molecule has 5 heteroatoms. The van der Waals surface area contributed by atoms with Crippen LogP contribution in [0.2, 0.25) is 0 Å². The molecule has 1 rings (SSSR count). The number of phenols is 1. The van der Waals surface area contributed by atoms with Gasteiger partial charge in [0.2, 0.25) is 0 Å². The molecule has 1 aromatic rings. The fourth-order valence-electron chi connectivity index (χ4n) is 1.34. The van der Waals surface area contributed by atoms with E-state index in [0.717, 1.165) is 0 Å². The van der Waals surface area contributed by atoms with Crippen molar-refractivity contribution in [1.82, 2.24) is 0 Å². The standard InChI is InChI=1S/C10H12BrFO3/c1-15-10-6(3-2-4-13)7(11)5-8(12)9(10)14/h5,13-14H,2-4H2,1H3. The summed E-state index contributed by atoms with van der Waals surface area (Å²) in [6.45, 7) is 0.0354. The van der Waals surface area contributed by atoms with E-state index in [1.165, 1.54) is 13.2 Å². The maximum Gasteiger partial charge on any atom is 0.194 e. The monoisotopic (exact) mass is 278 g/mol. The molecular formula is C10H12BrFO3. The number of aromatic hydroxyl groups is 1. The van der Waals surface area contributed by atoms with Crippen molar-refractivity contribution >= 4 is 15.9 Å². The minimum Gasteiger partial charge on any atom is -0.502 e. The molecule has 15 heavy (non-hydrogen) atoms. The van der Waals surface area contributed by atoms with Crippen LogP contribution in [0.15, 0.2) is 10.5 Å². The second-order valence-corrected chi connectivity index (χ2v) is 3.88. The molecule has 0 aliphatic heterocycles. The molecule has 0 bridgehead atoms. The van der Waals surface area contributed by atoms with Crippen molar-refractivity contribution in [2.24, 2.45) is 0 Å². The van der Waals surface area contributed by atoms with Crippen LogP contribution < -0.4 is 4.74 Å². The average Bonchev–Trinajstić information content (AvgIpc) is 2.21. The summed E-state index contributed by atoms with van der Waals surface area (Å²) in [5.74, 6) is -1.10. The number of methoxy groups -OCH3 is 1. The smallest absolute Gasteiger partial charge is 0.194 e. The third-order valence-electron chi connectivity index (χ3n) is 2.05. The van der Waals surface area contributed by atoms with Crippen molar-refractivity contribution in [2.45, 2.75) is 12.8 Å². The van der Waals surface area contributed by atoms with Gasteiger partial charge in [-0.1, -0.05) is 15.9 Å². The van der Waals surface area contributed by atoms with Crippen LogP contribution in [0.25, 0.3) is 0 Å². The normalized spacial score (nSPS) is 10.4. The number of aliphatic hydroxyl groups is 1. The lowest BCUT2D eigenvalue weighted by atomic mass is 10.1. The summed E-state index contributed by atoms with van der Waals surface area (Å²) >= 11 is 3.19. The molecule has 2 N–H and O–H groups in total. The van der Waals surface area contributed by atoms with Crippen molar-refractivity contribution < 1.29 is 19.3 Å². The number of halogens is 2. The largest absolute Gasteiger partial charge is 0.502 e. The number of hydrogen-bond acceptors (Lipinski definition) is 3. The van der Waals surface area contributed by atoms with Gasteiger partial charge in [-0.15, -0.1) is 0 Å². The number of phenolic OH excluding ortho intramolecular Hbond substituents is 1. The van der Waals surface area contributed by atoms with E-state index in [2.05, 4.69) is 15.9 Å². The maximum atomic E-state index is 13.1. The summed E-state index contributed by atoms with van der Waals surface area (Å²) in [4.78, 5) is 0. The van der Waals surface area contributed by atoms with Crippen LogP contribution >= 0.6 is 15.9 Å². The summed E-state index contributed by atoms with van der Waals surface area (Å²) < 4.78 is 18.6. The number of ether oxygens (including phenoxy) is 1. The van der Waals surface area contributed by atoms with Crippen LogP contribution in [0.3, 0.4) is 0 Å². The Kier molecular flexibility index (Phi) is 4.35. The number of hydrogen-bond donors (Lipinski definition) is 2. The zero-order valence-corrected chi connectivity index (χ0v) is 9.84. The molecule has 0 radical (unpaired) electrons. The van der Waals surface area contributed by atoms with Gasteiger partial charge in [-0.3, -0.25) is 0 Å². The van der Waals surface area contributed by atoms with Gasteiger partial charge in [-0.05, 0) is 18.9 Å². The maximum absolute atomic E-state index is 13.1. The van der Waals surface area contributed by atoms with Crippen molar-refractivity contribution in [3.05, 3.63) is 21.9 Å². The molecule has 0 aromatic heterocycles.